The zero-order valence-electron chi connectivity index (χ0n) is 17.0. The van der Waals surface area contributed by atoms with Crippen LogP contribution in [0.2, 0.25) is 0 Å². The minimum atomic E-state index is -0.222. The highest BCUT2D eigenvalue weighted by Gasteiger charge is 2.19. The number of aromatic nitrogens is 4. The molecule has 1 saturated heterocycles. The second-order valence-corrected chi connectivity index (χ2v) is 8.18. The monoisotopic (exact) mass is 411 g/mol. The van der Waals surface area contributed by atoms with Crippen molar-refractivity contribution in [3.05, 3.63) is 72.3 Å². The van der Waals surface area contributed by atoms with Crippen molar-refractivity contribution >= 4 is 21.8 Å². The maximum absolute atomic E-state index is 14.5. The van der Waals surface area contributed by atoms with E-state index in [9.17, 15) is 4.39 Å². The summed E-state index contributed by atoms with van der Waals surface area (Å²) in [6.45, 7) is 2.06. The highest BCUT2D eigenvalue weighted by molar-refractivity contribution is 6.01. The van der Waals surface area contributed by atoms with Crippen LogP contribution in [0.5, 0.6) is 0 Å². The van der Waals surface area contributed by atoms with E-state index in [1.807, 2.05) is 36.5 Å². The Hall–Kier alpha value is -3.51. The number of aromatic amines is 2. The maximum atomic E-state index is 14.5. The predicted octanol–water partition coefficient (Wildman–Crippen LogP) is 5.38. The molecule has 31 heavy (non-hydrogen) atoms. The van der Waals surface area contributed by atoms with Gasteiger partial charge >= 0.3 is 0 Å². The van der Waals surface area contributed by atoms with Crippen molar-refractivity contribution in [2.24, 2.45) is 0 Å². The molecule has 4 heterocycles. The molecule has 5 nitrogen and oxygen atoms in total. The van der Waals surface area contributed by atoms with Crippen LogP contribution < -0.4 is 5.32 Å². The van der Waals surface area contributed by atoms with Gasteiger partial charge in [-0.15, -0.1) is 0 Å². The number of nitrogens with zero attached hydrogens (tertiary/aromatic N) is 2. The zero-order valence-corrected chi connectivity index (χ0v) is 17.0. The van der Waals surface area contributed by atoms with Crippen molar-refractivity contribution in [1.82, 2.24) is 25.5 Å². The number of benzene rings is 2. The standard InChI is InChI=1S/C25H22FN5/c26-20-6-2-1-4-17(20)16-5-3-7-21-18(16)12-23(29-21)25-19-13-22(15-8-10-27-11-9-15)28-14-24(19)30-31-25/h1-7,12-15,27,29H,8-11H2,(H,30,31). The second-order valence-electron chi connectivity index (χ2n) is 8.18. The minimum absolute atomic E-state index is 0.222. The van der Waals surface area contributed by atoms with E-state index >= 15 is 0 Å². The van der Waals surface area contributed by atoms with Gasteiger partial charge in [-0.3, -0.25) is 10.1 Å². The lowest BCUT2D eigenvalue weighted by molar-refractivity contribution is 0.453. The van der Waals surface area contributed by atoms with Crippen LogP contribution in [0.15, 0.2) is 60.8 Å². The summed E-state index contributed by atoms with van der Waals surface area (Å²) in [5.41, 5.74) is 6.24. The number of hydrogen-bond acceptors (Lipinski definition) is 3. The third-order valence-corrected chi connectivity index (χ3v) is 6.31. The molecule has 0 saturated carbocycles. The van der Waals surface area contributed by atoms with E-state index in [-0.39, 0.29) is 5.82 Å². The van der Waals surface area contributed by atoms with E-state index < -0.39 is 0 Å². The Bertz CT molecular complexity index is 1390. The van der Waals surface area contributed by atoms with E-state index in [1.54, 1.807) is 6.07 Å². The first-order valence-electron chi connectivity index (χ1n) is 10.7. The first-order chi connectivity index (χ1) is 15.3. The Kier molecular flexibility index (Phi) is 4.32. The Morgan fingerprint density at radius 1 is 0.871 bits per heavy atom. The van der Waals surface area contributed by atoms with Crippen LogP contribution in [0.25, 0.3) is 44.3 Å². The second kappa shape index (κ2) is 7.32. The Morgan fingerprint density at radius 2 is 1.71 bits per heavy atom. The number of nitrogens with one attached hydrogen (secondary N) is 3. The molecule has 5 aromatic rings. The van der Waals surface area contributed by atoms with Crippen LogP contribution in [0, 0.1) is 5.82 Å². The summed E-state index contributed by atoms with van der Waals surface area (Å²) in [5.74, 6) is 0.254. The average Bonchev–Trinajstić information content (AvgIpc) is 3.43. The van der Waals surface area contributed by atoms with Crippen molar-refractivity contribution in [3.8, 4) is 22.5 Å². The Labute approximate surface area is 178 Å². The number of halogens is 1. The van der Waals surface area contributed by atoms with Gasteiger partial charge in [-0.2, -0.15) is 5.10 Å². The number of pyridine rings is 1. The molecule has 0 aliphatic carbocycles. The third kappa shape index (κ3) is 3.11. The van der Waals surface area contributed by atoms with Gasteiger partial charge in [0.1, 0.15) is 11.5 Å². The SMILES string of the molecule is Fc1ccccc1-c1cccc2[nH]c(-c3n[nH]c4cnc(C5CCNCC5)cc34)cc12. The van der Waals surface area contributed by atoms with Crippen molar-refractivity contribution < 1.29 is 4.39 Å². The maximum Gasteiger partial charge on any atom is 0.131 e. The first kappa shape index (κ1) is 18.3. The van der Waals surface area contributed by atoms with E-state index in [0.717, 1.165) is 70.4 Å². The number of hydrogen-bond donors (Lipinski definition) is 3. The van der Waals surface area contributed by atoms with E-state index in [0.29, 0.717) is 11.5 Å². The summed E-state index contributed by atoms with van der Waals surface area (Å²) in [7, 11) is 0. The van der Waals surface area contributed by atoms with Gasteiger partial charge in [0, 0.05) is 33.5 Å². The van der Waals surface area contributed by atoms with Gasteiger partial charge in [-0.05, 0) is 55.8 Å². The average molecular weight is 411 g/mol. The van der Waals surface area contributed by atoms with Gasteiger partial charge in [0.25, 0.3) is 0 Å². The topological polar surface area (TPSA) is 69.4 Å². The van der Waals surface area contributed by atoms with Crippen molar-refractivity contribution in [1.29, 1.82) is 0 Å². The van der Waals surface area contributed by atoms with Crippen LogP contribution >= 0.6 is 0 Å². The van der Waals surface area contributed by atoms with Gasteiger partial charge in [0.05, 0.1) is 17.4 Å². The quantitative estimate of drug-likeness (QED) is 0.373. The van der Waals surface area contributed by atoms with Gasteiger partial charge in [-0.25, -0.2) is 4.39 Å². The summed E-state index contributed by atoms with van der Waals surface area (Å²) in [5, 5.41) is 13.1. The van der Waals surface area contributed by atoms with Gasteiger partial charge in [-0.1, -0.05) is 30.3 Å². The molecular formula is C25H22FN5. The lowest BCUT2D eigenvalue weighted by Crippen LogP contribution is -2.27. The molecule has 0 bridgehead atoms. The van der Waals surface area contributed by atoms with Crippen LogP contribution in [-0.2, 0) is 0 Å². The molecule has 0 unspecified atom stereocenters. The van der Waals surface area contributed by atoms with Crippen molar-refractivity contribution in [2.45, 2.75) is 18.8 Å². The molecule has 0 amide bonds. The molecule has 1 aliphatic heterocycles. The largest absolute Gasteiger partial charge is 0.353 e. The van der Waals surface area contributed by atoms with Gasteiger partial charge < -0.3 is 10.3 Å². The van der Waals surface area contributed by atoms with Crippen LogP contribution in [0.3, 0.4) is 0 Å². The fourth-order valence-corrected chi connectivity index (χ4v) is 4.68. The number of rotatable bonds is 3. The fourth-order valence-electron chi connectivity index (χ4n) is 4.68. The van der Waals surface area contributed by atoms with E-state index in [1.165, 1.54) is 6.07 Å². The Balaban J connectivity index is 1.48. The summed E-state index contributed by atoms with van der Waals surface area (Å²) < 4.78 is 14.5. The fraction of sp³-hybridized carbons (Fsp3) is 0.200. The molecule has 1 fully saturated rings. The summed E-state index contributed by atoms with van der Waals surface area (Å²) >= 11 is 0. The number of fused-ring (bicyclic) bond motifs is 2. The number of piperidine rings is 1. The summed E-state index contributed by atoms with van der Waals surface area (Å²) in [6.07, 6.45) is 4.09. The molecule has 6 heteroatoms. The molecule has 2 aromatic carbocycles. The minimum Gasteiger partial charge on any atom is -0.353 e. The van der Waals surface area contributed by atoms with Gasteiger partial charge in [0.2, 0.25) is 0 Å². The van der Waals surface area contributed by atoms with Crippen molar-refractivity contribution in [2.75, 3.05) is 13.1 Å². The molecule has 1 aliphatic rings. The van der Waals surface area contributed by atoms with Gasteiger partial charge in [0.15, 0.2) is 0 Å². The van der Waals surface area contributed by atoms with Crippen LogP contribution in [0.4, 0.5) is 4.39 Å². The highest BCUT2D eigenvalue weighted by atomic mass is 19.1. The summed E-state index contributed by atoms with van der Waals surface area (Å²) in [4.78, 5) is 8.18. The van der Waals surface area contributed by atoms with Crippen LogP contribution in [-0.4, -0.2) is 33.3 Å². The smallest absolute Gasteiger partial charge is 0.131 e. The number of H-pyrrole nitrogens is 2. The first-order valence-corrected chi connectivity index (χ1v) is 10.7. The predicted molar refractivity (Wildman–Crippen MR) is 121 cm³/mol. The molecular weight excluding hydrogens is 389 g/mol. The molecule has 0 spiro atoms. The summed E-state index contributed by atoms with van der Waals surface area (Å²) in [6, 6.07) is 17.1. The normalized spacial score (nSPS) is 15.1. The van der Waals surface area contributed by atoms with E-state index in [4.69, 9.17) is 4.98 Å². The molecule has 3 N–H and O–H groups in total. The molecule has 154 valence electrons. The molecule has 6 rings (SSSR count). The van der Waals surface area contributed by atoms with E-state index in [2.05, 4.69) is 32.6 Å². The molecule has 0 radical (unpaired) electrons. The van der Waals surface area contributed by atoms with Crippen LogP contribution in [0.1, 0.15) is 24.5 Å². The third-order valence-electron chi connectivity index (χ3n) is 6.31. The zero-order chi connectivity index (χ0) is 20.8. The van der Waals surface area contributed by atoms with Crippen molar-refractivity contribution in [3.63, 3.8) is 0 Å². The lowest BCUT2D eigenvalue weighted by atomic mass is 9.93. The molecule has 3 aromatic heterocycles. The Morgan fingerprint density at radius 3 is 2.58 bits per heavy atom. The lowest BCUT2D eigenvalue weighted by Gasteiger charge is -2.22. The highest BCUT2D eigenvalue weighted by Crippen LogP contribution is 2.35. The molecule has 0 atom stereocenters.